The molecule has 158 valence electrons. The molecule has 2 aromatic heterocycles. The van der Waals surface area contributed by atoms with Crippen molar-refractivity contribution in [1.82, 2.24) is 19.7 Å². The van der Waals surface area contributed by atoms with Crippen LogP contribution in [-0.4, -0.2) is 64.6 Å². The standard InChI is InChI=1S/C22H26N4O3S/c1-16(2)13-25-10-11-28-18(14-25)15-29-22(27)20-23-21(19-9-6-12-30-19)26(24-20)17-7-4-3-5-8-17/h3-9,12,16,18H,10-11,13-15H2,1-2H3. The number of morpholine rings is 1. The Morgan fingerprint density at radius 3 is 2.83 bits per heavy atom. The minimum absolute atomic E-state index is 0.0529. The first-order chi connectivity index (χ1) is 14.6. The average molecular weight is 427 g/mol. The Bertz CT molecular complexity index is 956. The summed E-state index contributed by atoms with van der Waals surface area (Å²) in [6, 6.07) is 13.6. The van der Waals surface area contributed by atoms with Gasteiger partial charge in [0.15, 0.2) is 5.82 Å². The molecule has 1 unspecified atom stereocenters. The largest absolute Gasteiger partial charge is 0.457 e. The molecule has 7 nitrogen and oxygen atoms in total. The van der Waals surface area contributed by atoms with Crippen molar-refractivity contribution in [2.24, 2.45) is 5.92 Å². The Labute approximate surface area is 180 Å². The van der Waals surface area contributed by atoms with Gasteiger partial charge in [0.1, 0.15) is 12.7 Å². The van der Waals surface area contributed by atoms with Crippen molar-refractivity contribution in [3.8, 4) is 16.4 Å². The van der Waals surface area contributed by atoms with Gasteiger partial charge in [0.25, 0.3) is 5.82 Å². The summed E-state index contributed by atoms with van der Waals surface area (Å²) in [6.45, 7) is 7.93. The first-order valence-corrected chi connectivity index (χ1v) is 11.1. The first-order valence-electron chi connectivity index (χ1n) is 10.2. The van der Waals surface area contributed by atoms with Gasteiger partial charge in [-0.05, 0) is 29.5 Å². The van der Waals surface area contributed by atoms with Crippen LogP contribution in [0.4, 0.5) is 0 Å². The van der Waals surface area contributed by atoms with E-state index in [1.54, 1.807) is 16.0 Å². The quantitative estimate of drug-likeness (QED) is 0.539. The highest BCUT2D eigenvalue weighted by atomic mass is 32.1. The van der Waals surface area contributed by atoms with Crippen molar-refractivity contribution in [3.63, 3.8) is 0 Å². The van der Waals surface area contributed by atoms with Crippen molar-refractivity contribution >= 4 is 17.3 Å². The number of hydrogen-bond donors (Lipinski definition) is 0. The van der Waals surface area contributed by atoms with Gasteiger partial charge in [-0.3, -0.25) is 4.90 Å². The summed E-state index contributed by atoms with van der Waals surface area (Å²) in [7, 11) is 0. The number of nitrogens with zero attached hydrogens (tertiary/aromatic N) is 4. The molecule has 1 aromatic carbocycles. The van der Waals surface area contributed by atoms with E-state index in [9.17, 15) is 4.79 Å². The molecule has 0 saturated carbocycles. The maximum absolute atomic E-state index is 12.7. The highest BCUT2D eigenvalue weighted by Gasteiger charge is 2.25. The van der Waals surface area contributed by atoms with E-state index in [1.165, 1.54) is 0 Å². The normalized spacial score (nSPS) is 17.4. The molecular formula is C22H26N4O3S. The second kappa shape index (κ2) is 9.51. The summed E-state index contributed by atoms with van der Waals surface area (Å²) in [5, 5.41) is 6.41. The summed E-state index contributed by atoms with van der Waals surface area (Å²) >= 11 is 1.55. The number of hydrogen-bond acceptors (Lipinski definition) is 7. The Morgan fingerprint density at radius 1 is 1.27 bits per heavy atom. The van der Waals surface area contributed by atoms with Gasteiger partial charge in [-0.15, -0.1) is 16.4 Å². The van der Waals surface area contributed by atoms with Gasteiger partial charge in [0.05, 0.1) is 17.2 Å². The molecular weight excluding hydrogens is 400 g/mol. The number of carbonyl (C=O) groups is 1. The summed E-state index contributed by atoms with van der Waals surface area (Å²) < 4.78 is 13.0. The van der Waals surface area contributed by atoms with Gasteiger partial charge in [0, 0.05) is 19.6 Å². The van der Waals surface area contributed by atoms with E-state index >= 15 is 0 Å². The summed E-state index contributed by atoms with van der Waals surface area (Å²) in [4.78, 5) is 20.5. The second-order valence-corrected chi connectivity index (χ2v) is 8.68. The highest BCUT2D eigenvalue weighted by molar-refractivity contribution is 7.13. The lowest BCUT2D eigenvalue weighted by Crippen LogP contribution is -2.45. The highest BCUT2D eigenvalue weighted by Crippen LogP contribution is 2.25. The minimum Gasteiger partial charge on any atom is -0.457 e. The van der Waals surface area contributed by atoms with Crippen LogP contribution in [0.5, 0.6) is 0 Å². The molecule has 30 heavy (non-hydrogen) atoms. The van der Waals surface area contributed by atoms with Gasteiger partial charge in [-0.2, -0.15) is 4.98 Å². The monoisotopic (exact) mass is 426 g/mol. The zero-order valence-corrected chi connectivity index (χ0v) is 18.0. The molecule has 8 heteroatoms. The van der Waals surface area contributed by atoms with E-state index in [1.807, 2.05) is 47.8 Å². The molecule has 1 aliphatic rings. The third-order valence-electron chi connectivity index (χ3n) is 4.78. The van der Waals surface area contributed by atoms with E-state index in [2.05, 4.69) is 28.8 Å². The molecule has 1 aliphatic heterocycles. The minimum atomic E-state index is -0.535. The smallest absolute Gasteiger partial charge is 0.378 e. The molecule has 0 aliphatic carbocycles. The van der Waals surface area contributed by atoms with Crippen LogP contribution in [0.3, 0.4) is 0 Å². The van der Waals surface area contributed by atoms with Crippen molar-refractivity contribution in [2.75, 3.05) is 32.8 Å². The fraction of sp³-hybridized carbons (Fsp3) is 0.409. The van der Waals surface area contributed by atoms with Crippen molar-refractivity contribution in [2.45, 2.75) is 20.0 Å². The zero-order chi connectivity index (χ0) is 20.9. The number of aromatic nitrogens is 3. The zero-order valence-electron chi connectivity index (χ0n) is 17.2. The maximum atomic E-state index is 12.7. The van der Waals surface area contributed by atoms with Crippen molar-refractivity contribution in [1.29, 1.82) is 0 Å². The summed E-state index contributed by atoms with van der Waals surface area (Å²) in [5.41, 5.74) is 0.840. The van der Waals surface area contributed by atoms with Crippen LogP contribution in [0.25, 0.3) is 16.4 Å². The number of ether oxygens (including phenoxy) is 2. The Balaban J connectivity index is 1.47. The van der Waals surface area contributed by atoms with E-state index in [0.717, 1.165) is 30.2 Å². The molecule has 0 amide bonds. The SMILES string of the molecule is CC(C)CN1CCOC(COC(=O)c2nc(-c3cccs3)n(-c3ccccc3)n2)C1. The van der Waals surface area contributed by atoms with E-state index in [-0.39, 0.29) is 18.5 Å². The molecule has 0 radical (unpaired) electrons. The molecule has 1 fully saturated rings. The van der Waals surface area contributed by atoms with Gasteiger partial charge in [0.2, 0.25) is 0 Å². The number of rotatable bonds is 7. The number of esters is 1. The predicted molar refractivity (Wildman–Crippen MR) is 116 cm³/mol. The maximum Gasteiger partial charge on any atom is 0.378 e. The average Bonchev–Trinajstić information content (AvgIpc) is 3.42. The van der Waals surface area contributed by atoms with E-state index < -0.39 is 5.97 Å². The van der Waals surface area contributed by atoms with Gasteiger partial charge in [-0.25, -0.2) is 9.48 Å². The van der Waals surface area contributed by atoms with Crippen LogP contribution in [0, 0.1) is 5.92 Å². The topological polar surface area (TPSA) is 69.5 Å². The third-order valence-corrected chi connectivity index (χ3v) is 5.64. The summed E-state index contributed by atoms with van der Waals surface area (Å²) in [6.07, 6.45) is -0.130. The molecule has 0 spiro atoms. The van der Waals surface area contributed by atoms with Crippen LogP contribution in [0.15, 0.2) is 47.8 Å². The number of carbonyl (C=O) groups excluding carboxylic acids is 1. The van der Waals surface area contributed by atoms with Crippen LogP contribution < -0.4 is 0 Å². The fourth-order valence-electron chi connectivity index (χ4n) is 3.51. The van der Waals surface area contributed by atoms with Crippen LogP contribution >= 0.6 is 11.3 Å². The molecule has 3 aromatic rings. The van der Waals surface area contributed by atoms with Crippen molar-refractivity contribution in [3.05, 3.63) is 53.7 Å². The molecule has 4 rings (SSSR count). The Hall–Kier alpha value is -2.55. The first kappa shape index (κ1) is 20.7. The molecule has 0 N–H and O–H groups in total. The number of para-hydroxylation sites is 1. The number of thiophene rings is 1. The van der Waals surface area contributed by atoms with Gasteiger partial charge >= 0.3 is 5.97 Å². The molecule has 3 heterocycles. The van der Waals surface area contributed by atoms with Crippen LogP contribution in [0.1, 0.15) is 24.5 Å². The lowest BCUT2D eigenvalue weighted by atomic mass is 10.2. The Morgan fingerprint density at radius 2 is 2.10 bits per heavy atom. The molecule has 1 atom stereocenters. The van der Waals surface area contributed by atoms with Crippen LogP contribution in [-0.2, 0) is 9.47 Å². The Kier molecular flexibility index (Phi) is 6.56. The predicted octanol–water partition coefficient (Wildman–Crippen LogP) is 3.51. The van der Waals surface area contributed by atoms with Crippen molar-refractivity contribution < 1.29 is 14.3 Å². The molecule has 0 bridgehead atoms. The lowest BCUT2D eigenvalue weighted by Gasteiger charge is -2.33. The lowest BCUT2D eigenvalue weighted by molar-refractivity contribution is -0.0615. The van der Waals surface area contributed by atoms with Gasteiger partial charge < -0.3 is 9.47 Å². The van der Waals surface area contributed by atoms with Crippen LogP contribution in [0.2, 0.25) is 0 Å². The van der Waals surface area contributed by atoms with E-state index in [4.69, 9.17) is 9.47 Å². The summed E-state index contributed by atoms with van der Waals surface area (Å²) in [5.74, 6) is 0.734. The molecule has 1 saturated heterocycles. The number of benzene rings is 1. The third kappa shape index (κ3) is 4.95. The fourth-order valence-corrected chi connectivity index (χ4v) is 4.21. The second-order valence-electron chi connectivity index (χ2n) is 7.73. The van der Waals surface area contributed by atoms with E-state index in [0.29, 0.717) is 18.3 Å². The van der Waals surface area contributed by atoms with Gasteiger partial charge in [-0.1, -0.05) is 38.1 Å².